The van der Waals surface area contributed by atoms with Gasteiger partial charge in [-0.2, -0.15) is 0 Å². The molecule has 6 heteroatoms. The first-order chi connectivity index (χ1) is 15.0. The van der Waals surface area contributed by atoms with Crippen molar-refractivity contribution < 1.29 is 9.59 Å². The van der Waals surface area contributed by atoms with Crippen LogP contribution in [0.3, 0.4) is 0 Å². The number of nitrogens with one attached hydrogen (secondary N) is 3. The highest BCUT2D eigenvalue weighted by atomic mass is 16.2. The van der Waals surface area contributed by atoms with Crippen molar-refractivity contribution >= 4 is 11.8 Å². The second kappa shape index (κ2) is 9.00. The third kappa shape index (κ3) is 5.28. The molecule has 0 radical (unpaired) electrons. The van der Waals surface area contributed by atoms with E-state index >= 15 is 0 Å². The Morgan fingerprint density at radius 2 is 1.81 bits per heavy atom. The van der Waals surface area contributed by atoms with Crippen molar-refractivity contribution in [2.24, 2.45) is 0 Å². The lowest BCUT2D eigenvalue weighted by molar-refractivity contribution is -0.123. The number of aromatic nitrogens is 1. The van der Waals surface area contributed by atoms with E-state index < -0.39 is 17.5 Å². The summed E-state index contributed by atoms with van der Waals surface area (Å²) >= 11 is 0. The van der Waals surface area contributed by atoms with Gasteiger partial charge in [0, 0.05) is 18.2 Å². The minimum absolute atomic E-state index is 0.0197. The van der Waals surface area contributed by atoms with Gasteiger partial charge < -0.3 is 15.6 Å². The summed E-state index contributed by atoms with van der Waals surface area (Å²) in [7, 11) is 0. The predicted octanol–water partition coefficient (Wildman–Crippen LogP) is 2.97. The molecule has 3 aromatic rings. The van der Waals surface area contributed by atoms with Crippen molar-refractivity contribution in [3.63, 3.8) is 0 Å². The van der Waals surface area contributed by atoms with E-state index in [-0.39, 0.29) is 17.5 Å². The van der Waals surface area contributed by atoms with Gasteiger partial charge in [0.2, 0.25) is 5.91 Å². The number of hydrogen-bond donors (Lipinski definition) is 3. The Morgan fingerprint density at radius 3 is 2.48 bits per heavy atom. The highest BCUT2D eigenvalue weighted by molar-refractivity contribution is 5.97. The number of amides is 2. The number of carbonyl (C=O) groups excluding carboxylic acids is 2. The Hall–Kier alpha value is -3.67. The molecule has 2 aromatic carbocycles. The van der Waals surface area contributed by atoms with Gasteiger partial charge in [0.15, 0.2) is 0 Å². The Morgan fingerprint density at radius 1 is 1.03 bits per heavy atom. The van der Waals surface area contributed by atoms with Gasteiger partial charge in [0.05, 0.1) is 0 Å². The normalized spacial score (nSPS) is 14.0. The van der Waals surface area contributed by atoms with Gasteiger partial charge in [0.1, 0.15) is 11.6 Å². The summed E-state index contributed by atoms with van der Waals surface area (Å²) in [6.07, 6.45) is 2.26. The summed E-state index contributed by atoms with van der Waals surface area (Å²) in [5.74, 6) is -0.795. The lowest BCUT2D eigenvalue weighted by Crippen LogP contribution is -2.49. The number of aromatic amines is 1. The van der Waals surface area contributed by atoms with Crippen LogP contribution in [0.2, 0.25) is 0 Å². The molecule has 2 amide bonds. The quantitative estimate of drug-likeness (QED) is 0.554. The zero-order chi connectivity index (χ0) is 21.8. The largest absolute Gasteiger partial charge is 0.352 e. The fraction of sp³-hybridized carbons (Fsp3) is 0.240. The molecule has 0 aliphatic heterocycles. The first-order valence-corrected chi connectivity index (χ1v) is 10.4. The van der Waals surface area contributed by atoms with E-state index in [0.29, 0.717) is 12.1 Å². The molecule has 1 saturated carbocycles. The standard InChI is InChI=1S/C25H25N3O3/c1-16-6-5-9-18(14-16)21-13-12-20(23(29)27-21)24(30)28-22(25(31)26-19-10-11-19)15-17-7-3-2-4-8-17/h2-9,12-14,19,22H,10-11,15H2,1H3,(H,26,31)(H,27,29)(H,28,30). The van der Waals surface area contributed by atoms with Crippen LogP contribution in [0.1, 0.15) is 34.3 Å². The Kier molecular flexibility index (Phi) is 5.98. The van der Waals surface area contributed by atoms with E-state index in [2.05, 4.69) is 15.6 Å². The Bertz CT molecular complexity index is 1150. The van der Waals surface area contributed by atoms with E-state index in [4.69, 9.17) is 0 Å². The number of carbonyl (C=O) groups is 2. The van der Waals surface area contributed by atoms with Gasteiger partial charge in [-0.1, -0.05) is 54.1 Å². The first kappa shape index (κ1) is 20.6. The van der Waals surface area contributed by atoms with Crippen LogP contribution in [0.5, 0.6) is 0 Å². The van der Waals surface area contributed by atoms with Crippen molar-refractivity contribution in [1.29, 1.82) is 0 Å². The molecule has 1 aromatic heterocycles. The molecule has 3 N–H and O–H groups in total. The number of hydrogen-bond acceptors (Lipinski definition) is 3. The second-order valence-electron chi connectivity index (χ2n) is 7.98. The van der Waals surface area contributed by atoms with E-state index in [1.165, 1.54) is 6.07 Å². The first-order valence-electron chi connectivity index (χ1n) is 10.4. The van der Waals surface area contributed by atoms with Crippen LogP contribution in [0.25, 0.3) is 11.3 Å². The lowest BCUT2D eigenvalue weighted by Gasteiger charge is -2.18. The van der Waals surface area contributed by atoms with E-state index in [0.717, 1.165) is 29.5 Å². The number of benzene rings is 2. The molecule has 0 bridgehead atoms. The molecule has 1 aliphatic rings. The van der Waals surface area contributed by atoms with Crippen molar-refractivity contribution in [1.82, 2.24) is 15.6 Å². The molecule has 158 valence electrons. The summed E-state index contributed by atoms with van der Waals surface area (Å²) in [6.45, 7) is 1.98. The van der Waals surface area contributed by atoms with Gasteiger partial charge >= 0.3 is 0 Å². The van der Waals surface area contributed by atoms with Crippen LogP contribution >= 0.6 is 0 Å². The van der Waals surface area contributed by atoms with Crippen LogP contribution in [0.15, 0.2) is 71.5 Å². The zero-order valence-corrected chi connectivity index (χ0v) is 17.4. The third-order valence-electron chi connectivity index (χ3n) is 5.31. The van der Waals surface area contributed by atoms with Gasteiger partial charge in [-0.05, 0) is 49.1 Å². The SMILES string of the molecule is Cc1cccc(-c2ccc(C(=O)NC(Cc3ccccc3)C(=O)NC3CC3)c(=O)[nH]2)c1. The maximum absolute atomic E-state index is 12.9. The van der Waals surface area contributed by atoms with Crippen LogP contribution in [0, 0.1) is 6.92 Å². The summed E-state index contributed by atoms with van der Waals surface area (Å²) in [5, 5.41) is 5.69. The average molecular weight is 415 g/mol. The number of H-pyrrole nitrogens is 1. The van der Waals surface area contributed by atoms with Crippen molar-refractivity contribution in [3.8, 4) is 11.3 Å². The number of rotatable bonds is 7. The molecule has 0 spiro atoms. The van der Waals surface area contributed by atoms with Crippen LogP contribution in [-0.4, -0.2) is 28.9 Å². The molecule has 1 atom stereocenters. The average Bonchev–Trinajstić information content (AvgIpc) is 3.58. The fourth-order valence-corrected chi connectivity index (χ4v) is 3.46. The molecule has 1 fully saturated rings. The molecule has 31 heavy (non-hydrogen) atoms. The summed E-state index contributed by atoms with van der Waals surface area (Å²) in [4.78, 5) is 41.0. The molecular formula is C25H25N3O3. The Labute approximate surface area is 180 Å². The number of pyridine rings is 1. The summed E-state index contributed by atoms with van der Waals surface area (Å²) in [5.41, 5.74) is 3.01. The van der Waals surface area contributed by atoms with Gasteiger partial charge in [-0.25, -0.2) is 0 Å². The van der Waals surface area contributed by atoms with Gasteiger partial charge in [-0.3, -0.25) is 14.4 Å². The predicted molar refractivity (Wildman–Crippen MR) is 120 cm³/mol. The van der Waals surface area contributed by atoms with E-state index in [1.54, 1.807) is 6.07 Å². The van der Waals surface area contributed by atoms with E-state index in [9.17, 15) is 14.4 Å². The second-order valence-corrected chi connectivity index (χ2v) is 7.98. The van der Waals surface area contributed by atoms with Gasteiger partial charge in [0.25, 0.3) is 11.5 Å². The van der Waals surface area contributed by atoms with Gasteiger partial charge in [-0.15, -0.1) is 0 Å². The minimum atomic E-state index is -0.758. The van der Waals surface area contributed by atoms with E-state index in [1.807, 2.05) is 61.5 Å². The zero-order valence-electron chi connectivity index (χ0n) is 17.4. The summed E-state index contributed by atoms with van der Waals surface area (Å²) in [6, 6.07) is 19.9. The molecule has 1 unspecified atom stereocenters. The molecular weight excluding hydrogens is 390 g/mol. The molecule has 4 rings (SSSR count). The van der Waals surface area contributed by atoms with Crippen molar-refractivity contribution in [2.75, 3.05) is 0 Å². The number of aryl methyl sites for hydroxylation is 1. The smallest absolute Gasteiger partial charge is 0.261 e. The minimum Gasteiger partial charge on any atom is -0.352 e. The lowest BCUT2D eigenvalue weighted by atomic mass is 10.0. The van der Waals surface area contributed by atoms with Crippen molar-refractivity contribution in [2.45, 2.75) is 38.3 Å². The molecule has 6 nitrogen and oxygen atoms in total. The maximum Gasteiger partial charge on any atom is 0.261 e. The molecule has 0 saturated heterocycles. The highest BCUT2D eigenvalue weighted by Crippen LogP contribution is 2.19. The van der Waals surface area contributed by atoms with Crippen molar-refractivity contribution in [3.05, 3.63) is 93.8 Å². The third-order valence-corrected chi connectivity index (χ3v) is 5.31. The Balaban J connectivity index is 1.53. The monoisotopic (exact) mass is 415 g/mol. The molecule has 1 aliphatic carbocycles. The highest BCUT2D eigenvalue weighted by Gasteiger charge is 2.29. The van der Waals surface area contributed by atoms with Crippen LogP contribution in [-0.2, 0) is 11.2 Å². The van der Waals surface area contributed by atoms with Crippen LogP contribution < -0.4 is 16.2 Å². The fourth-order valence-electron chi connectivity index (χ4n) is 3.46. The van der Waals surface area contributed by atoms with Crippen LogP contribution in [0.4, 0.5) is 0 Å². The maximum atomic E-state index is 12.9. The molecule has 1 heterocycles. The summed E-state index contributed by atoms with van der Waals surface area (Å²) < 4.78 is 0. The topological polar surface area (TPSA) is 91.1 Å².